The van der Waals surface area contributed by atoms with Gasteiger partial charge in [-0.25, -0.2) is 15.0 Å². The van der Waals surface area contributed by atoms with Gasteiger partial charge in [0.15, 0.2) is 0 Å². The van der Waals surface area contributed by atoms with Crippen molar-refractivity contribution in [3.05, 3.63) is 47.6 Å². The molecule has 0 unspecified atom stereocenters. The lowest BCUT2D eigenvalue weighted by Gasteiger charge is -2.07. The van der Waals surface area contributed by atoms with Crippen LogP contribution in [0.1, 0.15) is 31.2 Å². The van der Waals surface area contributed by atoms with Gasteiger partial charge in [-0.15, -0.1) is 0 Å². The van der Waals surface area contributed by atoms with Gasteiger partial charge >= 0.3 is 0 Å². The van der Waals surface area contributed by atoms with E-state index in [0.717, 1.165) is 23.1 Å². The van der Waals surface area contributed by atoms with E-state index in [4.69, 9.17) is 5.73 Å². The van der Waals surface area contributed by atoms with E-state index in [-0.39, 0.29) is 12.5 Å². The first-order valence-corrected chi connectivity index (χ1v) is 9.05. The Bertz CT molecular complexity index is 934. The van der Waals surface area contributed by atoms with Crippen molar-refractivity contribution in [1.82, 2.24) is 20.6 Å². The minimum Gasteiger partial charge on any atom is -0.387 e. The summed E-state index contributed by atoms with van der Waals surface area (Å²) in [7, 11) is 0. The first kappa shape index (κ1) is 19.2. The Balaban J connectivity index is 1.88. The van der Waals surface area contributed by atoms with Crippen molar-refractivity contribution >= 4 is 29.9 Å². The molecular weight excluding hydrogens is 356 g/mol. The number of aromatic nitrogens is 2. The fourth-order valence-electron chi connectivity index (χ4n) is 2.80. The van der Waals surface area contributed by atoms with Gasteiger partial charge in [0.05, 0.1) is 12.2 Å². The van der Waals surface area contributed by atoms with Gasteiger partial charge in [0.2, 0.25) is 12.3 Å². The van der Waals surface area contributed by atoms with Crippen LogP contribution in [0.3, 0.4) is 0 Å². The molecule has 8 nitrogen and oxygen atoms in total. The van der Waals surface area contributed by atoms with E-state index in [9.17, 15) is 9.59 Å². The zero-order valence-corrected chi connectivity index (χ0v) is 15.6. The van der Waals surface area contributed by atoms with Gasteiger partial charge in [0, 0.05) is 42.1 Å². The second-order valence-corrected chi connectivity index (χ2v) is 6.37. The molecule has 1 aromatic carbocycles. The molecule has 28 heavy (non-hydrogen) atoms. The third-order valence-corrected chi connectivity index (χ3v) is 4.21. The summed E-state index contributed by atoms with van der Waals surface area (Å²) in [5, 5.41) is 5.40. The maximum atomic E-state index is 12.3. The Hall–Kier alpha value is -3.55. The van der Waals surface area contributed by atoms with E-state index < -0.39 is 0 Å². The summed E-state index contributed by atoms with van der Waals surface area (Å²) in [6, 6.07) is 5.73. The molecule has 1 aromatic heterocycles. The van der Waals surface area contributed by atoms with Crippen LogP contribution < -0.4 is 16.4 Å². The summed E-state index contributed by atoms with van der Waals surface area (Å²) in [6.45, 7) is 2.91. The third-order valence-electron chi connectivity index (χ3n) is 4.21. The van der Waals surface area contributed by atoms with Crippen LogP contribution in [-0.2, 0) is 16.1 Å². The van der Waals surface area contributed by atoms with Crippen molar-refractivity contribution in [2.75, 3.05) is 6.54 Å². The number of hydrogen-bond acceptors (Lipinski definition) is 6. The maximum Gasteiger partial charge on any atom is 0.247 e. The van der Waals surface area contributed by atoms with E-state index in [1.807, 2.05) is 31.2 Å². The molecule has 1 aliphatic heterocycles. The predicted octanol–water partition coefficient (Wildman–Crippen LogP) is 1.69. The van der Waals surface area contributed by atoms with Crippen LogP contribution in [0, 0.1) is 0 Å². The van der Waals surface area contributed by atoms with Crippen LogP contribution >= 0.6 is 0 Å². The standard InChI is InChI=1S/C20H22N6O2/c1-2-5-23-20(28)15-6-14-4-3-13(7-17(14)26-18(21)8-15)16-9-24-19(25-10-16)11-22-12-27/h3-4,6-7,9-10,12H,2,5,8,11H2,1H3,(H2,21,26)(H,22,27)(H,23,28). The highest BCUT2D eigenvalue weighted by Gasteiger charge is 2.16. The number of amides is 2. The number of nitrogens with one attached hydrogen (secondary N) is 2. The van der Waals surface area contributed by atoms with Crippen LogP contribution in [-0.4, -0.2) is 34.7 Å². The number of nitrogens with two attached hydrogens (primary N) is 1. The van der Waals surface area contributed by atoms with Crippen LogP contribution in [0.2, 0.25) is 0 Å². The molecule has 2 heterocycles. The Kier molecular flexibility index (Phi) is 6.11. The van der Waals surface area contributed by atoms with E-state index in [0.29, 0.717) is 42.3 Å². The number of rotatable bonds is 7. The van der Waals surface area contributed by atoms with Gasteiger partial charge in [-0.2, -0.15) is 0 Å². The quantitative estimate of drug-likeness (QED) is 0.633. The second-order valence-electron chi connectivity index (χ2n) is 6.37. The number of aliphatic imine (C=N–C) groups is 1. The molecule has 0 radical (unpaired) electrons. The normalized spacial score (nSPS) is 12.9. The number of hydrogen-bond donors (Lipinski definition) is 3. The average molecular weight is 378 g/mol. The number of nitrogens with zero attached hydrogens (tertiary/aromatic N) is 3. The van der Waals surface area contributed by atoms with Gasteiger partial charge in [-0.05, 0) is 24.1 Å². The molecule has 0 saturated heterocycles. The number of benzene rings is 1. The lowest BCUT2D eigenvalue weighted by Crippen LogP contribution is -2.27. The van der Waals surface area contributed by atoms with Crippen LogP contribution in [0.4, 0.5) is 5.69 Å². The molecule has 0 fully saturated rings. The summed E-state index contributed by atoms with van der Waals surface area (Å²) >= 11 is 0. The molecule has 0 spiro atoms. The third kappa shape index (κ3) is 4.59. The lowest BCUT2D eigenvalue weighted by atomic mass is 10.0. The second kappa shape index (κ2) is 8.90. The lowest BCUT2D eigenvalue weighted by molar-refractivity contribution is -0.117. The van der Waals surface area contributed by atoms with E-state index in [1.54, 1.807) is 12.4 Å². The minimum atomic E-state index is -0.121. The molecule has 0 atom stereocenters. The number of carbonyl (C=O) groups is 2. The highest BCUT2D eigenvalue weighted by Crippen LogP contribution is 2.31. The van der Waals surface area contributed by atoms with Gasteiger partial charge < -0.3 is 16.4 Å². The zero-order chi connectivity index (χ0) is 19.9. The first-order chi connectivity index (χ1) is 13.6. The molecule has 0 bridgehead atoms. The number of carbonyl (C=O) groups excluding carboxylic acids is 2. The molecule has 2 amide bonds. The Morgan fingerprint density at radius 2 is 2.04 bits per heavy atom. The van der Waals surface area contributed by atoms with Crippen molar-refractivity contribution in [3.8, 4) is 11.1 Å². The molecule has 1 aliphatic rings. The van der Waals surface area contributed by atoms with E-state index >= 15 is 0 Å². The van der Waals surface area contributed by atoms with Crippen LogP contribution in [0.5, 0.6) is 0 Å². The molecule has 3 rings (SSSR count). The molecule has 4 N–H and O–H groups in total. The van der Waals surface area contributed by atoms with E-state index in [1.165, 1.54) is 0 Å². The zero-order valence-electron chi connectivity index (χ0n) is 15.6. The minimum absolute atomic E-state index is 0.121. The van der Waals surface area contributed by atoms with Crippen LogP contribution in [0.25, 0.3) is 17.2 Å². The van der Waals surface area contributed by atoms with Crippen molar-refractivity contribution < 1.29 is 9.59 Å². The Morgan fingerprint density at radius 3 is 2.75 bits per heavy atom. The largest absolute Gasteiger partial charge is 0.387 e. The smallest absolute Gasteiger partial charge is 0.247 e. The first-order valence-electron chi connectivity index (χ1n) is 9.05. The van der Waals surface area contributed by atoms with Gasteiger partial charge in [-0.3, -0.25) is 9.59 Å². The van der Waals surface area contributed by atoms with Crippen LogP contribution in [0.15, 0.2) is 41.2 Å². The number of fused-ring (bicyclic) bond motifs is 1. The summed E-state index contributed by atoms with van der Waals surface area (Å²) in [5.74, 6) is 0.795. The maximum absolute atomic E-state index is 12.3. The van der Waals surface area contributed by atoms with Crippen molar-refractivity contribution in [3.63, 3.8) is 0 Å². The Labute approximate surface area is 163 Å². The van der Waals surface area contributed by atoms with Gasteiger partial charge in [0.25, 0.3) is 0 Å². The van der Waals surface area contributed by atoms with Crippen molar-refractivity contribution in [2.24, 2.45) is 10.7 Å². The highest BCUT2D eigenvalue weighted by molar-refractivity contribution is 6.05. The van der Waals surface area contributed by atoms with E-state index in [2.05, 4.69) is 25.6 Å². The molecule has 8 heteroatoms. The summed E-state index contributed by atoms with van der Waals surface area (Å²) in [4.78, 5) is 35.6. The SMILES string of the molecule is CCCNC(=O)C1=Cc2ccc(-c3cnc(CNC=O)nc3)cc2N=C(N)C1. The summed E-state index contributed by atoms with van der Waals surface area (Å²) in [6.07, 6.45) is 7.00. The fourth-order valence-corrected chi connectivity index (χ4v) is 2.80. The van der Waals surface area contributed by atoms with Gasteiger partial charge in [0.1, 0.15) is 11.7 Å². The topological polar surface area (TPSA) is 122 Å². The molecule has 0 saturated carbocycles. The number of amidine groups is 1. The molecule has 0 aliphatic carbocycles. The fraction of sp³-hybridized carbons (Fsp3) is 0.250. The molecular formula is C20H22N6O2. The molecule has 144 valence electrons. The predicted molar refractivity (Wildman–Crippen MR) is 108 cm³/mol. The highest BCUT2D eigenvalue weighted by atomic mass is 16.1. The van der Waals surface area contributed by atoms with Crippen molar-refractivity contribution in [2.45, 2.75) is 26.3 Å². The summed E-state index contributed by atoms with van der Waals surface area (Å²) < 4.78 is 0. The average Bonchev–Trinajstić information content (AvgIpc) is 2.88. The van der Waals surface area contributed by atoms with Gasteiger partial charge in [-0.1, -0.05) is 19.1 Å². The van der Waals surface area contributed by atoms with Crippen molar-refractivity contribution in [1.29, 1.82) is 0 Å². The Morgan fingerprint density at radius 1 is 1.25 bits per heavy atom. The summed E-state index contributed by atoms with van der Waals surface area (Å²) in [5.41, 5.74) is 9.86. The monoisotopic (exact) mass is 378 g/mol. The molecule has 2 aromatic rings.